The van der Waals surface area contributed by atoms with Crippen molar-refractivity contribution in [3.05, 3.63) is 35.9 Å². The van der Waals surface area contributed by atoms with Crippen molar-refractivity contribution in [3.8, 4) is 22.9 Å². The van der Waals surface area contributed by atoms with E-state index < -0.39 is 0 Å². The lowest BCUT2D eigenvalue weighted by molar-refractivity contribution is 0.174. The Morgan fingerprint density at radius 1 is 1.05 bits per heavy atom. The van der Waals surface area contributed by atoms with Crippen LogP contribution in [0.25, 0.3) is 16.7 Å². The van der Waals surface area contributed by atoms with Crippen LogP contribution >= 0.6 is 0 Å². The van der Waals surface area contributed by atoms with Crippen molar-refractivity contribution in [2.24, 2.45) is 0 Å². The maximum atomic E-state index is 10.1. The molecule has 0 aliphatic carbocycles. The summed E-state index contributed by atoms with van der Waals surface area (Å²) in [5, 5.41) is 18.8. The Balaban J connectivity index is 1.90. The summed E-state index contributed by atoms with van der Waals surface area (Å²) in [7, 11) is 0. The van der Waals surface area contributed by atoms with Crippen LogP contribution in [-0.4, -0.2) is 26.9 Å². The fraction of sp³-hybridized carbons (Fsp3) is 0.143. The standard InChI is InChI=1S/C14H11N3O3/c1-8-2-3-9-10(4-8)16-17(15-9)11-5-13-14(6-12(11)18)20-7-19-13/h2-6,18H,7H2,1H3. The molecule has 4 rings (SSSR count). The fourth-order valence-corrected chi connectivity index (χ4v) is 2.21. The zero-order valence-electron chi connectivity index (χ0n) is 10.7. The molecular formula is C14H11N3O3. The lowest BCUT2D eigenvalue weighted by Crippen LogP contribution is -1.99. The highest BCUT2D eigenvalue weighted by molar-refractivity contribution is 5.75. The molecule has 3 aromatic rings. The molecule has 1 N–H and O–H groups in total. The number of aryl methyl sites for hydroxylation is 1. The predicted molar refractivity (Wildman–Crippen MR) is 71.4 cm³/mol. The Morgan fingerprint density at radius 2 is 1.80 bits per heavy atom. The predicted octanol–water partition coefficient (Wildman–Crippen LogP) is 2.16. The van der Waals surface area contributed by atoms with Crippen molar-refractivity contribution < 1.29 is 14.6 Å². The maximum absolute atomic E-state index is 10.1. The number of fused-ring (bicyclic) bond motifs is 2. The van der Waals surface area contributed by atoms with Crippen LogP contribution in [0.5, 0.6) is 17.2 Å². The largest absolute Gasteiger partial charge is 0.505 e. The van der Waals surface area contributed by atoms with E-state index in [1.807, 2.05) is 25.1 Å². The number of nitrogens with zero attached hydrogens (tertiary/aromatic N) is 3. The monoisotopic (exact) mass is 269 g/mol. The Bertz CT molecular complexity index is 826. The number of ether oxygens (including phenoxy) is 2. The molecule has 0 saturated carbocycles. The molecule has 6 heteroatoms. The zero-order valence-corrected chi connectivity index (χ0v) is 10.7. The number of hydrogen-bond donors (Lipinski definition) is 1. The van der Waals surface area contributed by atoms with E-state index in [1.54, 1.807) is 6.07 Å². The molecule has 2 aromatic carbocycles. The minimum Gasteiger partial charge on any atom is -0.505 e. The van der Waals surface area contributed by atoms with Crippen molar-refractivity contribution in [1.82, 2.24) is 15.0 Å². The average molecular weight is 269 g/mol. The van der Waals surface area contributed by atoms with Gasteiger partial charge in [-0.25, -0.2) is 0 Å². The second-order valence-corrected chi connectivity index (χ2v) is 4.68. The third-order valence-electron chi connectivity index (χ3n) is 3.22. The normalized spacial score (nSPS) is 13.1. The van der Waals surface area contributed by atoms with Crippen LogP contribution in [0.15, 0.2) is 30.3 Å². The Hall–Kier alpha value is -2.76. The first-order valence-corrected chi connectivity index (χ1v) is 6.17. The molecule has 0 unspecified atom stereocenters. The molecule has 1 aromatic heterocycles. The summed E-state index contributed by atoms with van der Waals surface area (Å²) in [4.78, 5) is 1.40. The molecule has 2 heterocycles. The van der Waals surface area contributed by atoms with E-state index in [0.29, 0.717) is 17.2 Å². The smallest absolute Gasteiger partial charge is 0.231 e. The first kappa shape index (κ1) is 11.1. The minimum atomic E-state index is 0.0475. The summed E-state index contributed by atoms with van der Waals surface area (Å²) in [6.45, 7) is 2.16. The zero-order chi connectivity index (χ0) is 13.7. The lowest BCUT2D eigenvalue weighted by Gasteiger charge is -2.04. The van der Waals surface area contributed by atoms with Crippen molar-refractivity contribution >= 4 is 11.0 Å². The SMILES string of the molecule is Cc1ccc2nn(-c3cc4c(cc3O)OCO4)nc2c1. The Labute approximate surface area is 114 Å². The van der Waals surface area contributed by atoms with Gasteiger partial charge < -0.3 is 14.6 Å². The van der Waals surface area contributed by atoms with Crippen molar-refractivity contribution in [3.63, 3.8) is 0 Å². The van der Waals surface area contributed by atoms with Gasteiger partial charge in [-0.05, 0) is 24.6 Å². The summed E-state index contributed by atoms with van der Waals surface area (Å²) in [6, 6.07) is 9.00. The molecule has 0 fully saturated rings. The number of aromatic nitrogens is 3. The summed E-state index contributed by atoms with van der Waals surface area (Å²) in [5.74, 6) is 1.15. The van der Waals surface area contributed by atoms with Gasteiger partial charge in [0.2, 0.25) is 6.79 Å². The van der Waals surface area contributed by atoms with Gasteiger partial charge in [0.05, 0.1) is 0 Å². The third-order valence-corrected chi connectivity index (χ3v) is 3.22. The quantitative estimate of drug-likeness (QED) is 0.733. The minimum absolute atomic E-state index is 0.0475. The summed E-state index contributed by atoms with van der Waals surface area (Å²) in [5.41, 5.74) is 3.12. The van der Waals surface area contributed by atoms with E-state index in [4.69, 9.17) is 9.47 Å². The van der Waals surface area contributed by atoms with Gasteiger partial charge in [0.25, 0.3) is 0 Å². The van der Waals surface area contributed by atoms with Gasteiger partial charge in [-0.1, -0.05) is 6.07 Å². The molecule has 20 heavy (non-hydrogen) atoms. The Kier molecular flexibility index (Phi) is 2.14. The number of benzene rings is 2. The highest BCUT2D eigenvalue weighted by atomic mass is 16.7. The molecule has 100 valence electrons. The Morgan fingerprint density at radius 3 is 2.65 bits per heavy atom. The number of phenols is 1. The molecule has 1 aliphatic heterocycles. The van der Waals surface area contributed by atoms with E-state index >= 15 is 0 Å². The maximum Gasteiger partial charge on any atom is 0.231 e. The van der Waals surface area contributed by atoms with Gasteiger partial charge in [-0.2, -0.15) is 0 Å². The highest BCUT2D eigenvalue weighted by Gasteiger charge is 2.19. The number of rotatable bonds is 1. The average Bonchev–Trinajstić information content (AvgIpc) is 3.02. The van der Waals surface area contributed by atoms with Gasteiger partial charge in [0.15, 0.2) is 11.5 Å². The van der Waals surface area contributed by atoms with Crippen LogP contribution < -0.4 is 9.47 Å². The van der Waals surface area contributed by atoms with Gasteiger partial charge in [-0.3, -0.25) is 0 Å². The molecule has 0 saturated heterocycles. The number of aromatic hydroxyl groups is 1. The topological polar surface area (TPSA) is 69.4 Å². The number of phenolic OH excluding ortho intramolecular Hbond substituents is 1. The molecule has 0 atom stereocenters. The van der Waals surface area contributed by atoms with Crippen LogP contribution in [0.3, 0.4) is 0 Å². The van der Waals surface area contributed by atoms with Crippen LogP contribution in [0.4, 0.5) is 0 Å². The third kappa shape index (κ3) is 1.58. The van der Waals surface area contributed by atoms with E-state index in [9.17, 15) is 5.11 Å². The first-order valence-electron chi connectivity index (χ1n) is 6.17. The summed E-state index contributed by atoms with van der Waals surface area (Å²) < 4.78 is 10.5. The van der Waals surface area contributed by atoms with Crippen molar-refractivity contribution in [1.29, 1.82) is 0 Å². The fourth-order valence-electron chi connectivity index (χ4n) is 2.21. The van der Waals surface area contributed by atoms with E-state index in [0.717, 1.165) is 16.6 Å². The van der Waals surface area contributed by atoms with Gasteiger partial charge in [0.1, 0.15) is 22.5 Å². The second-order valence-electron chi connectivity index (χ2n) is 4.68. The molecule has 0 bridgehead atoms. The van der Waals surface area contributed by atoms with Crippen LogP contribution in [0, 0.1) is 6.92 Å². The highest BCUT2D eigenvalue weighted by Crippen LogP contribution is 2.38. The van der Waals surface area contributed by atoms with E-state index in [-0.39, 0.29) is 12.5 Å². The first-order chi connectivity index (χ1) is 9.70. The van der Waals surface area contributed by atoms with Gasteiger partial charge in [-0.15, -0.1) is 15.0 Å². The molecule has 0 amide bonds. The van der Waals surface area contributed by atoms with E-state index in [2.05, 4.69) is 10.2 Å². The van der Waals surface area contributed by atoms with Crippen LogP contribution in [-0.2, 0) is 0 Å². The molecule has 0 radical (unpaired) electrons. The van der Waals surface area contributed by atoms with Crippen LogP contribution in [0.2, 0.25) is 0 Å². The van der Waals surface area contributed by atoms with Gasteiger partial charge in [0, 0.05) is 12.1 Å². The van der Waals surface area contributed by atoms with Crippen molar-refractivity contribution in [2.75, 3.05) is 6.79 Å². The van der Waals surface area contributed by atoms with E-state index in [1.165, 1.54) is 10.9 Å². The summed E-state index contributed by atoms with van der Waals surface area (Å²) in [6.07, 6.45) is 0. The molecule has 6 nitrogen and oxygen atoms in total. The number of hydrogen-bond acceptors (Lipinski definition) is 5. The second kappa shape index (κ2) is 3.86. The molecule has 0 spiro atoms. The van der Waals surface area contributed by atoms with Gasteiger partial charge >= 0.3 is 0 Å². The molecular weight excluding hydrogens is 258 g/mol. The van der Waals surface area contributed by atoms with Crippen LogP contribution in [0.1, 0.15) is 5.56 Å². The molecule has 1 aliphatic rings. The van der Waals surface area contributed by atoms with Crippen molar-refractivity contribution in [2.45, 2.75) is 6.92 Å². The summed E-state index contributed by atoms with van der Waals surface area (Å²) >= 11 is 0. The lowest BCUT2D eigenvalue weighted by atomic mass is 10.2.